The number of carbonyl (C=O) groups excluding carboxylic acids is 1. The van der Waals surface area contributed by atoms with Gasteiger partial charge < -0.3 is 15.2 Å². The molecule has 3 aliphatic rings. The first kappa shape index (κ1) is 19.9. The second-order valence-electron chi connectivity index (χ2n) is 8.78. The smallest absolute Gasteiger partial charge is 0.234 e. The van der Waals surface area contributed by atoms with Crippen LogP contribution in [-0.2, 0) is 9.53 Å². The van der Waals surface area contributed by atoms with E-state index in [1.807, 2.05) is 6.07 Å². The highest BCUT2D eigenvalue weighted by Gasteiger charge is 2.38. The SMILES string of the molecule is O=C(CN1CCOCC1C1CCCC1O)NC(c1ccccc1)C1CCCC1. The number of nitrogens with one attached hydrogen (secondary N) is 1. The van der Waals surface area contributed by atoms with Crippen LogP contribution in [0, 0.1) is 11.8 Å². The maximum Gasteiger partial charge on any atom is 0.234 e. The van der Waals surface area contributed by atoms with Crippen molar-refractivity contribution in [3.05, 3.63) is 35.9 Å². The van der Waals surface area contributed by atoms with Crippen LogP contribution in [0.3, 0.4) is 0 Å². The zero-order valence-corrected chi connectivity index (χ0v) is 16.8. The van der Waals surface area contributed by atoms with Gasteiger partial charge in [-0.05, 0) is 37.2 Å². The summed E-state index contributed by atoms with van der Waals surface area (Å²) in [7, 11) is 0. The summed E-state index contributed by atoms with van der Waals surface area (Å²) in [6, 6.07) is 10.7. The highest BCUT2D eigenvalue weighted by atomic mass is 16.5. The van der Waals surface area contributed by atoms with Crippen LogP contribution in [-0.4, -0.2) is 54.4 Å². The van der Waals surface area contributed by atoms with E-state index in [9.17, 15) is 9.90 Å². The normalized spacial score (nSPS) is 30.4. The van der Waals surface area contributed by atoms with E-state index in [0.29, 0.717) is 25.7 Å². The number of ether oxygens (including phenoxy) is 1. The molecule has 0 spiro atoms. The maximum absolute atomic E-state index is 13.0. The molecular weight excluding hydrogens is 352 g/mol. The Labute approximate surface area is 168 Å². The lowest BCUT2D eigenvalue weighted by molar-refractivity contribution is -0.127. The average molecular weight is 387 g/mol. The van der Waals surface area contributed by atoms with Crippen LogP contribution in [0.15, 0.2) is 30.3 Å². The van der Waals surface area contributed by atoms with E-state index in [-0.39, 0.29) is 30.0 Å². The second-order valence-corrected chi connectivity index (χ2v) is 8.78. The Morgan fingerprint density at radius 2 is 1.93 bits per heavy atom. The number of hydrogen-bond donors (Lipinski definition) is 2. The third kappa shape index (κ3) is 4.58. The highest BCUT2D eigenvalue weighted by molar-refractivity contribution is 5.78. The molecule has 2 N–H and O–H groups in total. The van der Waals surface area contributed by atoms with Crippen molar-refractivity contribution in [2.45, 2.75) is 63.1 Å². The lowest BCUT2D eigenvalue weighted by Crippen LogP contribution is -2.54. The van der Waals surface area contributed by atoms with Gasteiger partial charge in [0.15, 0.2) is 0 Å². The van der Waals surface area contributed by atoms with Gasteiger partial charge in [0, 0.05) is 18.5 Å². The van der Waals surface area contributed by atoms with Crippen molar-refractivity contribution in [2.75, 3.05) is 26.3 Å². The number of aliphatic hydroxyl groups is 1. The largest absolute Gasteiger partial charge is 0.393 e. The van der Waals surface area contributed by atoms with Gasteiger partial charge in [-0.25, -0.2) is 0 Å². The minimum Gasteiger partial charge on any atom is -0.393 e. The molecule has 1 amide bonds. The van der Waals surface area contributed by atoms with Gasteiger partial charge in [-0.3, -0.25) is 9.69 Å². The van der Waals surface area contributed by atoms with Crippen LogP contribution in [0.2, 0.25) is 0 Å². The number of amides is 1. The van der Waals surface area contributed by atoms with E-state index in [2.05, 4.69) is 34.5 Å². The number of morpholine rings is 1. The molecule has 4 atom stereocenters. The van der Waals surface area contributed by atoms with Gasteiger partial charge in [-0.2, -0.15) is 0 Å². The van der Waals surface area contributed by atoms with Crippen LogP contribution >= 0.6 is 0 Å². The first-order chi connectivity index (χ1) is 13.7. The standard InChI is InChI=1S/C23H34N2O3/c26-21-12-6-11-19(21)20-16-28-14-13-25(20)15-22(27)24-23(18-9-4-5-10-18)17-7-2-1-3-8-17/h1-3,7-8,18-21,23,26H,4-6,9-16H2,(H,24,27). The Balaban J connectivity index is 1.42. The molecule has 5 nitrogen and oxygen atoms in total. The number of aliphatic hydroxyl groups excluding tert-OH is 1. The third-order valence-electron chi connectivity index (χ3n) is 7.00. The Hall–Kier alpha value is -1.43. The number of benzene rings is 1. The predicted octanol–water partition coefficient (Wildman–Crippen LogP) is 2.90. The van der Waals surface area contributed by atoms with Crippen molar-refractivity contribution in [3.63, 3.8) is 0 Å². The lowest BCUT2D eigenvalue weighted by Gasteiger charge is -2.40. The fourth-order valence-corrected chi connectivity index (χ4v) is 5.49. The minimum absolute atomic E-state index is 0.0974. The van der Waals surface area contributed by atoms with E-state index in [1.165, 1.54) is 31.2 Å². The summed E-state index contributed by atoms with van der Waals surface area (Å²) >= 11 is 0. The highest BCUT2D eigenvalue weighted by Crippen LogP contribution is 2.36. The summed E-state index contributed by atoms with van der Waals surface area (Å²) in [6.07, 6.45) is 7.61. The molecule has 1 saturated heterocycles. The summed E-state index contributed by atoms with van der Waals surface area (Å²) < 4.78 is 5.70. The molecule has 0 bridgehead atoms. The van der Waals surface area contributed by atoms with Crippen molar-refractivity contribution in [2.24, 2.45) is 11.8 Å². The number of nitrogens with zero attached hydrogens (tertiary/aromatic N) is 1. The molecule has 28 heavy (non-hydrogen) atoms. The Bertz CT molecular complexity index is 632. The van der Waals surface area contributed by atoms with Crippen molar-refractivity contribution in [3.8, 4) is 0 Å². The molecule has 2 aliphatic carbocycles. The van der Waals surface area contributed by atoms with E-state index in [0.717, 1.165) is 25.8 Å². The summed E-state index contributed by atoms with van der Waals surface area (Å²) in [6.45, 7) is 2.45. The van der Waals surface area contributed by atoms with Gasteiger partial charge in [0.2, 0.25) is 5.91 Å². The Kier molecular flexibility index (Phi) is 6.65. The fourth-order valence-electron chi connectivity index (χ4n) is 5.49. The molecule has 5 heteroatoms. The van der Waals surface area contributed by atoms with Crippen molar-refractivity contribution in [1.82, 2.24) is 10.2 Å². The fraction of sp³-hybridized carbons (Fsp3) is 0.696. The van der Waals surface area contributed by atoms with Crippen molar-refractivity contribution < 1.29 is 14.6 Å². The summed E-state index contributed by atoms with van der Waals surface area (Å²) in [5.41, 5.74) is 1.22. The molecule has 1 aromatic carbocycles. The second kappa shape index (κ2) is 9.38. The van der Waals surface area contributed by atoms with Crippen LogP contribution in [0.25, 0.3) is 0 Å². The molecule has 3 fully saturated rings. The van der Waals surface area contributed by atoms with E-state index >= 15 is 0 Å². The number of hydrogen-bond acceptors (Lipinski definition) is 4. The van der Waals surface area contributed by atoms with Crippen LogP contribution in [0.5, 0.6) is 0 Å². The zero-order valence-electron chi connectivity index (χ0n) is 16.8. The van der Waals surface area contributed by atoms with Crippen LogP contribution in [0.4, 0.5) is 0 Å². The van der Waals surface area contributed by atoms with E-state index in [4.69, 9.17) is 4.74 Å². The molecule has 4 unspecified atom stereocenters. The summed E-state index contributed by atoms with van der Waals surface area (Å²) in [4.78, 5) is 15.3. The van der Waals surface area contributed by atoms with Crippen molar-refractivity contribution in [1.29, 1.82) is 0 Å². The first-order valence-electron chi connectivity index (χ1n) is 11.1. The molecular formula is C23H34N2O3. The van der Waals surface area contributed by atoms with E-state index < -0.39 is 0 Å². The van der Waals surface area contributed by atoms with E-state index in [1.54, 1.807) is 0 Å². The molecule has 154 valence electrons. The molecule has 1 aromatic rings. The Morgan fingerprint density at radius 3 is 2.64 bits per heavy atom. The molecule has 4 rings (SSSR count). The molecule has 0 radical (unpaired) electrons. The van der Waals surface area contributed by atoms with Gasteiger partial charge in [-0.1, -0.05) is 49.6 Å². The quantitative estimate of drug-likeness (QED) is 0.789. The molecule has 0 aromatic heterocycles. The van der Waals surface area contributed by atoms with Gasteiger partial charge in [0.25, 0.3) is 0 Å². The van der Waals surface area contributed by atoms with Gasteiger partial charge in [0.1, 0.15) is 0 Å². The topological polar surface area (TPSA) is 61.8 Å². The number of rotatable bonds is 6. The maximum atomic E-state index is 13.0. The average Bonchev–Trinajstić information content (AvgIpc) is 3.39. The number of carbonyl (C=O) groups is 1. The minimum atomic E-state index is -0.257. The van der Waals surface area contributed by atoms with Crippen molar-refractivity contribution >= 4 is 5.91 Å². The predicted molar refractivity (Wildman–Crippen MR) is 109 cm³/mol. The summed E-state index contributed by atoms with van der Waals surface area (Å²) in [5.74, 6) is 0.858. The van der Waals surface area contributed by atoms with Gasteiger partial charge in [0.05, 0.1) is 31.9 Å². The first-order valence-corrected chi connectivity index (χ1v) is 11.1. The lowest BCUT2D eigenvalue weighted by atomic mass is 9.91. The molecule has 2 saturated carbocycles. The van der Waals surface area contributed by atoms with Gasteiger partial charge >= 0.3 is 0 Å². The molecule has 1 aliphatic heterocycles. The van der Waals surface area contributed by atoms with Crippen LogP contribution < -0.4 is 5.32 Å². The van der Waals surface area contributed by atoms with Gasteiger partial charge in [-0.15, -0.1) is 0 Å². The zero-order chi connectivity index (χ0) is 19.3. The monoisotopic (exact) mass is 386 g/mol. The molecule has 1 heterocycles. The third-order valence-corrected chi connectivity index (χ3v) is 7.00. The van der Waals surface area contributed by atoms with Crippen LogP contribution in [0.1, 0.15) is 56.6 Å². The Morgan fingerprint density at radius 1 is 1.14 bits per heavy atom. The summed E-state index contributed by atoms with van der Waals surface area (Å²) in [5, 5.41) is 13.7.